The van der Waals surface area contributed by atoms with Crippen molar-refractivity contribution in [2.24, 2.45) is 0 Å². The molecule has 4 rings (SSSR count). The molecule has 10 heteroatoms. The van der Waals surface area contributed by atoms with E-state index in [0.717, 1.165) is 8.49 Å². The molecule has 0 aliphatic heterocycles. The number of hydrogen-bond acceptors (Lipinski definition) is 8. The number of halogens is 1. The van der Waals surface area contributed by atoms with Crippen molar-refractivity contribution in [1.82, 2.24) is 5.16 Å². The van der Waals surface area contributed by atoms with Gasteiger partial charge in [-0.1, -0.05) is 21.1 Å². The average molecular weight is 477 g/mol. The first-order valence-electron chi connectivity index (χ1n) is 8.00. The van der Waals surface area contributed by atoms with E-state index in [-0.39, 0.29) is 17.2 Å². The third kappa shape index (κ3) is 3.19. The van der Waals surface area contributed by atoms with Crippen LogP contribution in [0.3, 0.4) is 0 Å². The van der Waals surface area contributed by atoms with Gasteiger partial charge in [-0.15, -0.1) is 22.7 Å². The van der Waals surface area contributed by atoms with E-state index < -0.39 is 5.91 Å². The minimum absolute atomic E-state index is 0.179. The average Bonchev–Trinajstić information content (AvgIpc) is 3.31. The lowest BCUT2D eigenvalue weighted by atomic mass is 10.1. The number of carbonyl (C=O) groups excluding carboxylic acids is 2. The first kappa shape index (κ1) is 18.7. The van der Waals surface area contributed by atoms with Crippen molar-refractivity contribution in [2.75, 3.05) is 16.8 Å². The van der Waals surface area contributed by atoms with Crippen LogP contribution in [0.5, 0.6) is 0 Å². The van der Waals surface area contributed by atoms with E-state index >= 15 is 0 Å². The Morgan fingerprint density at radius 3 is 2.36 bits per heavy atom. The number of hydrogen-bond donors (Lipinski definition) is 3. The van der Waals surface area contributed by atoms with Crippen molar-refractivity contribution >= 4 is 76.9 Å². The minimum Gasteiger partial charge on any atom is -0.397 e. The molecule has 3 heterocycles. The topological polar surface area (TPSA) is 124 Å². The third-order valence-electron chi connectivity index (χ3n) is 4.01. The first-order valence-corrected chi connectivity index (χ1v) is 10.4. The number of fused-ring (bicyclic) bond motifs is 1. The Morgan fingerprint density at radius 2 is 1.75 bits per heavy atom. The summed E-state index contributed by atoms with van der Waals surface area (Å²) < 4.78 is 6.54. The molecule has 7 nitrogen and oxygen atoms in total. The molecular weight excluding hydrogens is 464 g/mol. The highest BCUT2D eigenvalue weighted by molar-refractivity contribution is 9.10. The number of nitrogens with zero attached hydrogens (tertiary/aromatic N) is 1. The molecule has 0 atom stereocenters. The van der Waals surface area contributed by atoms with E-state index in [4.69, 9.17) is 16.0 Å². The molecule has 0 aliphatic carbocycles. The molecule has 0 saturated carbocycles. The lowest BCUT2D eigenvalue weighted by molar-refractivity contribution is 0.102. The monoisotopic (exact) mass is 476 g/mol. The Hall–Kier alpha value is -2.69. The zero-order chi connectivity index (χ0) is 20.0. The molecule has 0 aliphatic rings. The maximum absolute atomic E-state index is 12.8. The van der Waals surface area contributed by atoms with Gasteiger partial charge in [-0.05, 0) is 31.2 Å². The van der Waals surface area contributed by atoms with E-state index in [9.17, 15) is 9.59 Å². The molecule has 0 spiro atoms. The van der Waals surface area contributed by atoms with E-state index in [1.807, 2.05) is 0 Å². The van der Waals surface area contributed by atoms with E-state index in [1.165, 1.54) is 22.7 Å². The molecule has 5 N–H and O–H groups in total. The maximum Gasteiger partial charge on any atom is 0.269 e. The Kier molecular flexibility index (Phi) is 4.69. The summed E-state index contributed by atoms with van der Waals surface area (Å²) in [6.07, 6.45) is 0. The molecule has 1 aromatic carbocycles. The molecule has 28 heavy (non-hydrogen) atoms. The molecule has 1 amide bonds. The van der Waals surface area contributed by atoms with Crippen LogP contribution < -0.4 is 16.8 Å². The number of carbonyl (C=O) groups is 2. The van der Waals surface area contributed by atoms with Crippen molar-refractivity contribution in [2.45, 2.75) is 6.92 Å². The lowest BCUT2D eigenvalue weighted by Crippen LogP contribution is -2.12. The summed E-state index contributed by atoms with van der Waals surface area (Å²) in [6, 6.07) is 8.64. The van der Waals surface area contributed by atoms with Gasteiger partial charge in [0.2, 0.25) is 5.78 Å². The van der Waals surface area contributed by atoms with Gasteiger partial charge in [-0.2, -0.15) is 0 Å². The summed E-state index contributed by atoms with van der Waals surface area (Å²) in [4.78, 5) is 26.1. The van der Waals surface area contributed by atoms with Gasteiger partial charge in [0.05, 0.1) is 20.8 Å². The van der Waals surface area contributed by atoms with E-state index in [2.05, 4.69) is 26.4 Å². The second-order valence-corrected chi connectivity index (χ2v) is 9.18. The van der Waals surface area contributed by atoms with Crippen LogP contribution in [0.2, 0.25) is 0 Å². The zero-order valence-corrected chi connectivity index (χ0v) is 17.6. The molecule has 0 unspecified atom stereocenters. The van der Waals surface area contributed by atoms with Gasteiger partial charge in [-0.3, -0.25) is 9.59 Å². The van der Waals surface area contributed by atoms with Crippen molar-refractivity contribution < 1.29 is 14.1 Å². The SMILES string of the molecule is Cc1cc(NC(=O)c2sc3sc(C(=O)c4ccc(Br)cc4)c(N)c3c2N)no1. The zero-order valence-electron chi connectivity index (χ0n) is 14.4. The van der Waals surface area contributed by atoms with Crippen LogP contribution in [-0.2, 0) is 0 Å². The standard InChI is InChI=1S/C18H13BrN4O3S2/c1-7-6-10(23-26-7)22-17(25)16-13(21)11-12(20)15(27-18(11)28-16)14(24)8-2-4-9(19)5-3-8/h2-6H,20-21H2,1H3,(H,22,23,25). The van der Waals surface area contributed by atoms with Crippen molar-refractivity contribution in [3.63, 3.8) is 0 Å². The quantitative estimate of drug-likeness (QED) is 0.367. The predicted molar refractivity (Wildman–Crippen MR) is 115 cm³/mol. The Bertz CT molecular complexity index is 1220. The number of nitrogens with one attached hydrogen (secondary N) is 1. The van der Waals surface area contributed by atoms with Gasteiger partial charge < -0.3 is 21.3 Å². The van der Waals surface area contributed by atoms with Crippen LogP contribution in [0, 0.1) is 6.92 Å². The number of anilines is 3. The molecular formula is C18H13BrN4O3S2. The highest BCUT2D eigenvalue weighted by atomic mass is 79.9. The van der Waals surface area contributed by atoms with Crippen molar-refractivity contribution in [1.29, 1.82) is 0 Å². The fourth-order valence-corrected chi connectivity index (χ4v) is 5.40. The predicted octanol–water partition coefficient (Wildman–Crippen LogP) is 4.67. The molecule has 0 saturated heterocycles. The molecule has 3 aromatic heterocycles. The summed E-state index contributed by atoms with van der Waals surface area (Å²) in [5.74, 6) is 0.301. The number of nitrogens with two attached hydrogens (primary N) is 2. The third-order valence-corrected chi connectivity index (χ3v) is 7.04. The van der Waals surface area contributed by atoms with Gasteiger partial charge in [0, 0.05) is 16.1 Å². The van der Waals surface area contributed by atoms with Crippen LogP contribution in [0.4, 0.5) is 17.2 Å². The summed E-state index contributed by atoms with van der Waals surface area (Å²) in [5, 5.41) is 6.91. The number of rotatable bonds is 4. The summed E-state index contributed by atoms with van der Waals surface area (Å²) >= 11 is 5.77. The Morgan fingerprint density at radius 1 is 1.11 bits per heavy atom. The highest BCUT2D eigenvalue weighted by Crippen LogP contribution is 2.45. The largest absolute Gasteiger partial charge is 0.397 e. The van der Waals surface area contributed by atoms with Gasteiger partial charge >= 0.3 is 0 Å². The van der Waals surface area contributed by atoms with Gasteiger partial charge in [0.25, 0.3) is 5.91 Å². The Labute approximate surface area is 175 Å². The number of thiophene rings is 2. The van der Waals surface area contributed by atoms with Crippen LogP contribution in [0.25, 0.3) is 9.40 Å². The number of nitrogen functional groups attached to an aromatic ring is 2. The number of ketones is 1. The van der Waals surface area contributed by atoms with Crippen LogP contribution >= 0.6 is 38.6 Å². The highest BCUT2D eigenvalue weighted by Gasteiger charge is 2.25. The van der Waals surface area contributed by atoms with Crippen LogP contribution in [0.1, 0.15) is 30.7 Å². The first-order chi connectivity index (χ1) is 13.3. The summed E-state index contributed by atoms with van der Waals surface area (Å²) in [6.45, 7) is 1.73. The molecule has 0 bridgehead atoms. The van der Waals surface area contributed by atoms with Crippen LogP contribution in [-0.4, -0.2) is 16.8 Å². The van der Waals surface area contributed by atoms with Gasteiger partial charge in [0.15, 0.2) is 5.82 Å². The minimum atomic E-state index is -0.403. The smallest absolute Gasteiger partial charge is 0.269 e. The summed E-state index contributed by atoms with van der Waals surface area (Å²) in [7, 11) is 0. The second kappa shape index (κ2) is 7.04. The molecule has 142 valence electrons. The second-order valence-electron chi connectivity index (χ2n) is 5.97. The lowest BCUT2D eigenvalue weighted by Gasteiger charge is -2.02. The van der Waals surface area contributed by atoms with Gasteiger partial charge in [-0.25, -0.2) is 0 Å². The number of benzene rings is 1. The maximum atomic E-state index is 12.8. The number of aryl methyl sites for hydroxylation is 1. The van der Waals surface area contributed by atoms with Gasteiger partial charge in [0.1, 0.15) is 15.5 Å². The Balaban J connectivity index is 1.68. The summed E-state index contributed by atoms with van der Waals surface area (Å²) in [5.41, 5.74) is 13.5. The number of amides is 1. The van der Waals surface area contributed by atoms with E-state index in [0.29, 0.717) is 32.3 Å². The fraction of sp³-hybridized carbons (Fsp3) is 0.0556. The van der Waals surface area contributed by atoms with E-state index in [1.54, 1.807) is 37.3 Å². The molecule has 0 fully saturated rings. The fourth-order valence-electron chi connectivity index (χ4n) is 2.68. The normalized spacial score (nSPS) is 11.1. The van der Waals surface area contributed by atoms with Crippen LogP contribution in [0.15, 0.2) is 39.3 Å². The van der Waals surface area contributed by atoms with Crippen molar-refractivity contribution in [3.8, 4) is 0 Å². The van der Waals surface area contributed by atoms with Crippen molar-refractivity contribution in [3.05, 3.63) is 55.9 Å². The molecule has 0 radical (unpaired) electrons. The molecule has 4 aromatic rings. The number of aromatic nitrogens is 1.